The first-order chi connectivity index (χ1) is 15.4. The number of rotatable bonds is 6. The molecule has 32 heavy (non-hydrogen) atoms. The molecule has 0 unspecified atom stereocenters. The third-order valence-corrected chi connectivity index (χ3v) is 6.10. The van der Waals surface area contributed by atoms with Crippen molar-refractivity contribution in [1.29, 1.82) is 0 Å². The number of hydrogen-bond donors (Lipinski definition) is 2. The molecule has 1 atom stereocenters. The summed E-state index contributed by atoms with van der Waals surface area (Å²) in [6, 6.07) is 6.49. The number of Topliss-reactive ketones (excluding diaryl/α,β-unsaturated/α-hetero) is 1. The number of methoxy groups -OCH3 is 1. The summed E-state index contributed by atoms with van der Waals surface area (Å²) in [5.41, 5.74) is 2.32. The Bertz CT molecular complexity index is 1030. The SMILES string of the molecule is COc1ccccc1[C@@H]1C(=C(O)c2c(C)n[nH]c2C)C(=O)C(=O)N1CCN1CCOCC1. The lowest BCUT2D eigenvalue weighted by atomic mass is 9.94. The zero-order chi connectivity index (χ0) is 22.8. The Labute approximate surface area is 186 Å². The van der Waals surface area contributed by atoms with Crippen LogP contribution in [0.4, 0.5) is 0 Å². The van der Waals surface area contributed by atoms with Crippen molar-refractivity contribution in [1.82, 2.24) is 20.0 Å². The van der Waals surface area contributed by atoms with Crippen molar-refractivity contribution in [3.8, 4) is 5.75 Å². The average molecular weight is 441 g/mol. The van der Waals surface area contributed by atoms with E-state index in [9.17, 15) is 14.7 Å². The fraction of sp³-hybridized carbons (Fsp3) is 0.435. The van der Waals surface area contributed by atoms with Crippen LogP contribution in [-0.2, 0) is 14.3 Å². The number of carbonyl (C=O) groups is 2. The summed E-state index contributed by atoms with van der Waals surface area (Å²) in [5.74, 6) is -1.02. The van der Waals surface area contributed by atoms with Gasteiger partial charge in [0.15, 0.2) is 0 Å². The molecule has 9 heteroatoms. The maximum atomic E-state index is 13.2. The number of amides is 1. The molecule has 1 aromatic carbocycles. The third-order valence-electron chi connectivity index (χ3n) is 6.10. The van der Waals surface area contributed by atoms with Crippen LogP contribution in [0.15, 0.2) is 29.8 Å². The number of ether oxygens (including phenoxy) is 2. The number of aliphatic hydroxyl groups is 1. The van der Waals surface area contributed by atoms with Gasteiger partial charge < -0.3 is 19.5 Å². The van der Waals surface area contributed by atoms with Crippen LogP contribution in [0.2, 0.25) is 0 Å². The van der Waals surface area contributed by atoms with Crippen LogP contribution in [0, 0.1) is 13.8 Å². The molecule has 2 N–H and O–H groups in total. The van der Waals surface area contributed by atoms with Crippen molar-refractivity contribution < 1.29 is 24.2 Å². The van der Waals surface area contributed by atoms with E-state index in [4.69, 9.17) is 9.47 Å². The molecule has 1 amide bonds. The number of benzene rings is 1. The van der Waals surface area contributed by atoms with Gasteiger partial charge in [-0.1, -0.05) is 18.2 Å². The summed E-state index contributed by atoms with van der Waals surface area (Å²) < 4.78 is 10.9. The molecular weight excluding hydrogens is 412 g/mol. The Morgan fingerprint density at radius 1 is 1.22 bits per heavy atom. The van der Waals surface area contributed by atoms with Crippen molar-refractivity contribution in [2.45, 2.75) is 19.9 Å². The number of aliphatic hydroxyl groups excluding tert-OH is 1. The van der Waals surface area contributed by atoms with Crippen LogP contribution in [0.1, 0.15) is 28.6 Å². The number of hydrogen-bond acceptors (Lipinski definition) is 7. The first-order valence-electron chi connectivity index (χ1n) is 10.7. The molecule has 2 aromatic rings. The first kappa shape index (κ1) is 22.0. The fourth-order valence-corrected chi connectivity index (χ4v) is 4.43. The first-order valence-corrected chi connectivity index (χ1v) is 10.7. The summed E-state index contributed by atoms with van der Waals surface area (Å²) in [6.45, 7) is 7.29. The highest BCUT2D eigenvalue weighted by Crippen LogP contribution is 2.43. The normalized spacial score (nSPS) is 21.3. The molecule has 2 aliphatic rings. The second-order valence-corrected chi connectivity index (χ2v) is 8.00. The number of aryl methyl sites for hydroxylation is 2. The van der Waals surface area contributed by atoms with E-state index >= 15 is 0 Å². The highest BCUT2D eigenvalue weighted by molar-refractivity contribution is 6.46. The van der Waals surface area contributed by atoms with Crippen LogP contribution in [0.25, 0.3) is 5.76 Å². The Balaban J connectivity index is 1.80. The predicted octanol–water partition coefficient (Wildman–Crippen LogP) is 1.79. The lowest BCUT2D eigenvalue weighted by molar-refractivity contribution is -0.140. The summed E-state index contributed by atoms with van der Waals surface area (Å²) in [4.78, 5) is 30.1. The molecule has 0 bridgehead atoms. The van der Waals surface area contributed by atoms with Gasteiger partial charge in [-0.25, -0.2) is 0 Å². The number of ketones is 1. The lowest BCUT2D eigenvalue weighted by Crippen LogP contribution is -2.42. The van der Waals surface area contributed by atoms with Crippen LogP contribution < -0.4 is 4.74 Å². The Hall–Kier alpha value is -3.17. The minimum Gasteiger partial charge on any atom is -0.507 e. The van der Waals surface area contributed by atoms with Gasteiger partial charge in [0.25, 0.3) is 11.7 Å². The van der Waals surface area contributed by atoms with Gasteiger partial charge in [-0.3, -0.25) is 19.6 Å². The lowest BCUT2D eigenvalue weighted by Gasteiger charge is -2.31. The van der Waals surface area contributed by atoms with Crippen molar-refractivity contribution >= 4 is 17.4 Å². The fourth-order valence-electron chi connectivity index (χ4n) is 4.43. The number of para-hydroxylation sites is 1. The van der Waals surface area contributed by atoms with Crippen molar-refractivity contribution in [3.05, 3.63) is 52.4 Å². The Morgan fingerprint density at radius 2 is 1.94 bits per heavy atom. The maximum absolute atomic E-state index is 13.2. The van der Waals surface area contributed by atoms with E-state index in [-0.39, 0.29) is 11.3 Å². The minimum absolute atomic E-state index is 0.0501. The van der Waals surface area contributed by atoms with Crippen molar-refractivity contribution in [2.75, 3.05) is 46.5 Å². The van der Waals surface area contributed by atoms with Gasteiger partial charge in [-0.2, -0.15) is 5.10 Å². The van der Waals surface area contributed by atoms with E-state index in [1.54, 1.807) is 27.0 Å². The Kier molecular flexibility index (Phi) is 6.29. The smallest absolute Gasteiger partial charge is 0.295 e. The Morgan fingerprint density at radius 3 is 2.59 bits per heavy atom. The topological polar surface area (TPSA) is 108 Å². The molecule has 0 spiro atoms. The molecule has 2 saturated heterocycles. The molecule has 3 heterocycles. The van der Waals surface area contributed by atoms with E-state index in [0.29, 0.717) is 54.6 Å². The monoisotopic (exact) mass is 440 g/mol. The molecule has 2 aliphatic heterocycles. The van der Waals surface area contributed by atoms with Crippen LogP contribution in [0.5, 0.6) is 5.75 Å². The highest BCUT2D eigenvalue weighted by atomic mass is 16.5. The van der Waals surface area contributed by atoms with Gasteiger partial charge in [-0.15, -0.1) is 0 Å². The van der Waals surface area contributed by atoms with Crippen molar-refractivity contribution in [3.63, 3.8) is 0 Å². The summed E-state index contributed by atoms with van der Waals surface area (Å²) in [7, 11) is 1.54. The van der Waals surface area contributed by atoms with Gasteiger partial charge in [0.2, 0.25) is 0 Å². The largest absolute Gasteiger partial charge is 0.507 e. The van der Waals surface area contributed by atoms with E-state index in [0.717, 1.165) is 13.1 Å². The molecule has 0 saturated carbocycles. The second-order valence-electron chi connectivity index (χ2n) is 8.00. The van der Waals surface area contributed by atoms with Gasteiger partial charge in [0, 0.05) is 37.4 Å². The number of aromatic nitrogens is 2. The van der Waals surface area contributed by atoms with Crippen LogP contribution >= 0.6 is 0 Å². The molecular formula is C23H28N4O5. The van der Waals surface area contributed by atoms with Gasteiger partial charge in [-0.05, 0) is 19.9 Å². The molecule has 0 aliphatic carbocycles. The molecule has 4 rings (SSSR count). The van der Waals surface area contributed by atoms with E-state index in [2.05, 4.69) is 15.1 Å². The molecule has 0 radical (unpaired) electrons. The predicted molar refractivity (Wildman–Crippen MR) is 117 cm³/mol. The van der Waals surface area contributed by atoms with E-state index in [1.807, 2.05) is 18.2 Å². The quantitative estimate of drug-likeness (QED) is 0.401. The number of aromatic amines is 1. The number of nitrogens with one attached hydrogen (secondary N) is 1. The zero-order valence-electron chi connectivity index (χ0n) is 18.6. The van der Waals surface area contributed by atoms with Gasteiger partial charge in [0.05, 0.1) is 43.2 Å². The van der Waals surface area contributed by atoms with Gasteiger partial charge in [0.1, 0.15) is 11.5 Å². The summed E-state index contributed by atoms with van der Waals surface area (Å²) in [5, 5.41) is 18.2. The highest BCUT2D eigenvalue weighted by Gasteiger charge is 2.47. The standard InChI is InChI=1S/C23H28N4O5/c1-14-18(15(2)25-24-14)21(28)19-20(16-6-4-5-7-17(16)31-3)27(23(30)22(19)29)9-8-26-10-12-32-13-11-26/h4-7,20,28H,8-13H2,1-3H3,(H,24,25)/t20-/m1/s1. The number of H-pyrrole nitrogens is 1. The van der Waals surface area contributed by atoms with E-state index < -0.39 is 17.7 Å². The number of carbonyl (C=O) groups excluding carboxylic acids is 2. The molecule has 170 valence electrons. The molecule has 1 aromatic heterocycles. The second kappa shape index (κ2) is 9.13. The summed E-state index contributed by atoms with van der Waals surface area (Å²) in [6.07, 6.45) is 0. The number of likely N-dealkylation sites (tertiary alicyclic amines) is 1. The number of nitrogens with zero attached hydrogens (tertiary/aromatic N) is 3. The summed E-state index contributed by atoms with van der Waals surface area (Å²) >= 11 is 0. The van der Waals surface area contributed by atoms with Crippen LogP contribution in [-0.4, -0.2) is 83.3 Å². The third kappa shape index (κ3) is 3.89. The van der Waals surface area contributed by atoms with E-state index in [1.165, 1.54) is 4.90 Å². The zero-order valence-corrected chi connectivity index (χ0v) is 18.6. The maximum Gasteiger partial charge on any atom is 0.295 e. The van der Waals surface area contributed by atoms with Crippen LogP contribution in [0.3, 0.4) is 0 Å². The number of morpholine rings is 1. The molecule has 9 nitrogen and oxygen atoms in total. The molecule has 2 fully saturated rings. The van der Waals surface area contributed by atoms with Crippen molar-refractivity contribution in [2.24, 2.45) is 0 Å². The van der Waals surface area contributed by atoms with Gasteiger partial charge >= 0.3 is 0 Å². The average Bonchev–Trinajstić information content (AvgIpc) is 3.28. The minimum atomic E-state index is -0.763.